The van der Waals surface area contributed by atoms with E-state index in [4.69, 9.17) is 0 Å². The van der Waals surface area contributed by atoms with Crippen LogP contribution in [0.5, 0.6) is 0 Å². The fourth-order valence-corrected chi connectivity index (χ4v) is 4.47. The molecule has 28 heavy (non-hydrogen) atoms. The van der Waals surface area contributed by atoms with E-state index in [9.17, 15) is 0 Å². The number of para-hydroxylation sites is 2. The Balaban J connectivity index is 1.11. The van der Waals surface area contributed by atoms with Gasteiger partial charge in [-0.2, -0.15) is 0 Å². The lowest BCUT2D eigenvalue weighted by Gasteiger charge is -2.34. The molecule has 2 N–H and O–H groups in total. The van der Waals surface area contributed by atoms with Crippen LogP contribution in [0.3, 0.4) is 0 Å². The number of aromatic nitrogens is 2. The predicted octanol–water partition coefficient (Wildman–Crippen LogP) is 4.05. The third kappa shape index (κ3) is 3.58. The Labute approximate surface area is 166 Å². The summed E-state index contributed by atoms with van der Waals surface area (Å²) in [5.41, 5.74) is 5.38. The van der Waals surface area contributed by atoms with Crippen molar-refractivity contribution in [3.63, 3.8) is 0 Å². The fourth-order valence-electron chi connectivity index (χ4n) is 4.47. The summed E-state index contributed by atoms with van der Waals surface area (Å²) in [7, 11) is 0. The van der Waals surface area contributed by atoms with Gasteiger partial charge in [0, 0.05) is 73.5 Å². The van der Waals surface area contributed by atoms with E-state index in [1.807, 2.05) is 0 Å². The second kappa shape index (κ2) is 7.82. The average Bonchev–Trinajstić information content (AvgIpc) is 3.36. The van der Waals surface area contributed by atoms with Crippen LogP contribution in [0.4, 0.5) is 0 Å². The van der Waals surface area contributed by atoms with Gasteiger partial charge < -0.3 is 19.8 Å². The highest BCUT2D eigenvalue weighted by molar-refractivity contribution is 5.83. The molecule has 4 aromatic rings. The molecule has 1 fully saturated rings. The zero-order valence-corrected chi connectivity index (χ0v) is 16.3. The van der Waals surface area contributed by atoms with Crippen LogP contribution < -0.4 is 0 Å². The molecule has 0 saturated carbocycles. The van der Waals surface area contributed by atoms with Crippen molar-refractivity contribution in [2.24, 2.45) is 0 Å². The number of hydrogen-bond acceptors (Lipinski definition) is 2. The molecule has 0 aliphatic carbocycles. The van der Waals surface area contributed by atoms with Gasteiger partial charge in [0.25, 0.3) is 0 Å². The Kier molecular flexibility index (Phi) is 4.90. The minimum Gasteiger partial charge on any atom is -0.361 e. The van der Waals surface area contributed by atoms with Crippen molar-refractivity contribution in [2.45, 2.75) is 12.8 Å². The van der Waals surface area contributed by atoms with E-state index in [0.717, 1.165) is 25.9 Å². The van der Waals surface area contributed by atoms with E-state index in [1.54, 1.807) is 0 Å². The molecule has 0 amide bonds. The molecule has 2 aromatic carbocycles. The van der Waals surface area contributed by atoms with Crippen molar-refractivity contribution in [3.05, 3.63) is 72.1 Å². The first kappa shape index (κ1) is 17.5. The van der Waals surface area contributed by atoms with Crippen LogP contribution in [0.1, 0.15) is 11.1 Å². The number of aromatic amines is 2. The number of piperazine rings is 1. The highest BCUT2D eigenvalue weighted by Gasteiger charge is 2.17. The van der Waals surface area contributed by atoms with Crippen molar-refractivity contribution >= 4 is 21.8 Å². The first-order valence-corrected chi connectivity index (χ1v) is 10.4. The van der Waals surface area contributed by atoms with Crippen LogP contribution in [0.15, 0.2) is 60.9 Å². The summed E-state index contributed by atoms with van der Waals surface area (Å²) in [4.78, 5) is 12.0. The summed E-state index contributed by atoms with van der Waals surface area (Å²) in [5.74, 6) is 0. The maximum absolute atomic E-state index is 3.40. The van der Waals surface area contributed by atoms with Gasteiger partial charge in [-0.15, -0.1) is 0 Å². The van der Waals surface area contributed by atoms with E-state index >= 15 is 0 Å². The fraction of sp³-hybridized carbons (Fsp3) is 0.333. The van der Waals surface area contributed by atoms with Crippen molar-refractivity contribution in [3.8, 4) is 0 Å². The largest absolute Gasteiger partial charge is 0.361 e. The van der Waals surface area contributed by atoms with Gasteiger partial charge in [0.05, 0.1) is 0 Å². The summed E-state index contributed by atoms with van der Waals surface area (Å²) in [6.07, 6.45) is 6.61. The molecule has 0 radical (unpaired) electrons. The van der Waals surface area contributed by atoms with Gasteiger partial charge in [-0.3, -0.25) is 0 Å². The molecule has 144 valence electrons. The number of rotatable bonds is 6. The molecule has 4 nitrogen and oxygen atoms in total. The van der Waals surface area contributed by atoms with Crippen molar-refractivity contribution in [1.82, 2.24) is 19.8 Å². The monoisotopic (exact) mass is 372 g/mol. The van der Waals surface area contributed by atoms with Crippen LogP contribution in [0, 0.1) is 0 Å². The molecule has 4 heteroatoms. The summed E-state index contributed by atoms with van der Waals surface area (Å²) < 4.78 is 0. The Morgan fingerprint density at radius 2 is 1.04 bits per heavy atom. The predicted molar refractivity (Wildman–Crippen MR) is 117 cm³/mol. The molecule has 0 atom stereocenters. The van der Waals surface area contributed by atoms with E-state index in [1.165, 1.54) is 59.1 Å². The van der Waals surface area contributed by atoms with Gasteiger partial charge in [0.1, 0.15) is 0 Å². The standard InChI is InChI=1S/C24H28N4/c1-3-7-23-21(5-1)19(17-25-23)9-11-27-13-15-28(16-14-27)12-10-20-18-26-24-8-4-2-6-22(20)24/h1-8,17-18,25-26H,9-16H2. The molecule has 3 heterocycles. The van der Waals surface area contributed by atoms with Crippen LogP contribution in [0.2, 0.25) is 0 Å². The molecule has 1 aliphatic heterocycles. The molecule has 0 unspecified atom stereocenters. The van der Waals surface area contributed by atoms with E-state index in [2.05, 4.69) is 80.7 Å². The maximum atomic E-state index is 3.40. The van der Waals surface area contributed by atoms with Gasteiger partial charge in [0.15, 0.2) is 0 Å². The highest BCUT2D eigenvalue weighted by Crippen LogP contribution is 2.20. The topological polar surface area (TPSA) is 38.1 Å². The second-order valence-electron chi connectivity index (χ2n) is 7.90. The van der Waals surface area contributed by atoms with Crippen molar-refractivity contribution in [2.75, 3.05) is 39.3 Å². The summed E-state index contributed by atoms with van der Waals surface area (Å²) >= 11 is 0. The van der Waals surface area contributed by atoms with Gasteiger partial charge in [-0.1, -0.05) is 36.4 Å². The summed E-state index contributed by atoms with van der Waals surface area (Å²) in [6.45, 7) is 7.01. The average molecular weight is 373 g/mol. The lowest BCUT2D eigenvalue weighted by atomic mass is 10.1. The molecule has 0 bridgehead atoms. The van der Waals surface area contributed by atoms with Crippen LogP contribution in [-0.4, -0.2) is 59.0 Å². The number of H-pyrrole nitrogens is 2. The first-order chi connectivity index (χ1) is 13.9. The lowest BCUT2D eigenvalue weighted by molar-refractivity contribution is 0.135. The molecule has 2 aromatic heterocycles. The van der Waals surface area contributed by atoms with Gasteiger partial charge in [-0.05, 0) is 36.1 Å². The normalized spacial score (nSPS) is 16.3. The Bertz CT molecular complexity index is 967. The third-order valence-corrected chi connectivity index (χ3v) is 6.21. The minimum atomic E-state index is 1.12. The molecular weight excluding hydrogens is 344 g/mol. The zero-order valence-electron chi connectivity index (χ0n) is 16.3. The second-order valence-corrected chi connectivity index (χ2v) is 7.90. The quantitative estimate of drug-likeness (QED) is 0.536. The SMILES string of the molecule is c1ccc2c(CCN3CCN(CCc4c[nH]c5ccccc45)CC3)c[nH]c2c1. The lowest BCUT2D eigenvalue weighted by Crippen LogP contribution is -2.47. The Hall–Kier alpha value is -2.56. The van der Waals surface area contributed by atoms with Crippen molar-refractivity contribution in [1.29, 1.82) is 0 Å². The van der Waals surface area contributed by atoms with E-state index in [-0.39, 0.29) is 0 Å². The van der Waals surface area contributed by atoms with E-state index < -0.39 is 0 Å². The molecular formula is C24H28N4. The summed E-state index contributed by atoms with van der Waals surface area (Å²) in [6, 6.07) is 17.2. The third-order valence-electron chi connectivity index (χ3n) is 6.21. The highest BCUT2D eigenvalue weighted by atomic mass is 15.3. The smallest absolute Gasteiger partial charge is 0.0456 e. The molecule has 1 aliphatic rings. The Morgan fingerprint density at radius 3 is 1.50 bits per heavy atom. The first-order valence-electron chi connectivity index (χ1n) is 10.4. The molecule has 0 spiro atoms. The maximum Gasteiger partial charge on any atom is 0.0456 e. The van der Waals surface area contributed by atoms with E-state index in [0.29, 0.717) is 0 Å². The number of benzene rings is 2. The van der Waals surface area contributed by atoms with Crippen LogP contribution >= 0.6 is 0 Å². The van der Waals surface area contributed by atoms with Crippen molar-refractivity contribution < 1.29 is 0 Å². The molecule has 5 rings (SSSR count). The zero-order chi connectivity index (χ0) is 18.8. The summed E-state index contributed by atoms with van der Waals surface area (Å²) in [5, 5.41) is 2.75. The van der Waals surface area contributed by atoms with Gasteiger partial charge in [-0.25, -0.2) is 0 Å². The number of nitrogens with zero attached hydrogens (tertiary/aromatic N) is 2. The van der Waals surface area contributed by atoms with Crippen LogP contribution in [0.25, 0.3) is 21.8 Å². The minimum absolute atomic E-state index is 1.12. The van der Waals surface area contributed by atoms with Crippen LogP contribution in [-0.2, 0) is 12.8 Å². The molecule has 1 saturated heterocycles. The van der Waals surface area contributed by atoms with Gasteiger partial charge in [0.2, 0.25) is 0 Å². The number of fused-ring (bicyclic) bond motifs is 2. The number of hydrogen-bond donors (Lipinski definition) is 2. The number of nitrogens with one attached hydrogen (secondary N) is 2. The Morgan fingerprint density at radius 1 is 0.607 bits per heavy atom. The van der Waals surface area contributed by atoms with Gasteiger partial charge >= 0.3 is 0 Å².